The number of anilines is 1. The number of nitrogens with two attached hydrogens (primary N) is 1. The van der Waals surface area contributed by atoms with Gasteiger partial charge in [0.25, 0.3) is 0 Å². The maximum Gasteiger partial charge on any atom is 0.315 e. The van der Waals surface area contributed by atoms with Gasteiger partial charge in [0.2, 0.25) is 0 Å². The molecular formula is C8H11N3O+. The van der Waals surface area contributed by atoms with E-state index in [4.69, 9.17) is 5.84 Å². The van der Waals surface area contributed by atoms with E-state index in [0.717, 1.165) is 12.2 Å². The van der Waals surface area contributed by atoms with E-state index in [1.807, 2.05) is 6.92 Å². The van der Waals surface area contributed by atoms with Gasteiger partial charge in [0.1, 0.15) is 5.69 Å². The lowest BCUT2D eigenvalue weighted by atomic mass is 10.2. The van der Waals surface area contributed by atoms with E-state index in [9.17, 15) is 4.91 Å². The number of rotatable bonds is 3. The lowest BCUT2D eigenvalue weighted by molar-refractivity contribution is -0.473. The Labute approximate surface area is 70.9 Å². The number of nitrogens with one attached hydrogen (secondary N) is 1. The van der Waals surface area contributed by atoms with Crippen LogP contribution in [0.25, 0.3) is 0 Å². The summed E-state index contributed by atoms with van der Waals surface area (Å²) in [6.07, 6.45) is 0. The molecule has 0 saturated carbocycles. The molecule has 4 nitrogen and oxygen atoms in total. The van der Waals surface area contributed by atoms with E-state index in [1.54, 1.807) is 18.2 Å². The highest BCUT2D eigenvalue weighted by molar-refractivity contribution is 5.60. The van der Waals surface area contributed by atoms with Gasteiger partial charge in [0.05, 0.1) is 4.91 Å². The highest BCUT2D eigenvalue weighted by atomic mass is 16.3. The maximum atomic E-state index is 10.8. The molecule has 1 aromatic rings. The normalized spacial score (nSPS) is 9.42. The van der Waals surface area contributed by atoms with Crippen LogP contribution in [-0.4, -0.2) is 11.4 Å². The second kappa shape index (κ2) is 3.71. The molecule has 0 atom stereocenters. The summed E-state index contributed by atoms with van der Waals surface area (Å²) in [7, 11) is 0. The second-order valence-electron chi connectivity index (χ2n) is 2.30. The second-order valence-corrected chi connectivity index (χ2v) is 2.30. The zero-order valence-corrected chi connectivity index (χ0v) is 6.87. The number of hydrogen-bond donors (Lipinski definition) is 2. The summed E-state index contributed by atoms with van der Waals surface area (Å²) >= 11 is 0. The molecule has 0 bridgehead atoms. The van der Waals surface area contributed by atoms with Crippen molar-refractivity contribution in [1.82, 2.24) is 0 Å². The molecule has 0 spiro atoms. The summed E-state index contributed by atoms with van der Waals surface area (Å²) in [4.78, 5) is 11.1. The van der Waals surface area contributed by atoms with E-state index in [2.05, 4.69) is 11.4 Å². The summed E-state index contributed by atoms with van der Waals surface area (Å²) in [6, 6.07) is 7.81. The van der Waals surface area contributed by atoms with E-state index in [-0.39, 0.29) is 0 Å². The molecule has 0 saturated heterocycles. The van der Waals surface area contributed by atoms with Crippen LogP contribution in [0.15, 0.2) is 18.2 Å². The third-order valence-corrected chi connectivity index (χ3v) is 1.45. The lowest BCUT2D eigenvalue weighted by Gasteiger charge is -2.00. The third-order valence-electron chi connectivity index (χ3n) is 1.45. The summed E-state index contributed by atoms with van der Waals surface area (Å²) in [6.45, 7) is 2.71. The van der Waals surface area contributed by atoms with Gasteiger partial charge in [-0.25, -0.2) is 0 Å². The Morgan fingerprint density at radius 3 is 3.08 bits per heavy atom. The molecular weight excluding hydrogens is 154 g/mol. The van der Waals surface area contributed by atoms with Crippen molar-refractivity contribution in [3.63, 3.8) is 0 Å². The molecule has 0 aliphatic heterocycles. The largest absolute Gasteiger partial charge is 0.380 e. The summed E-state index contributed by atoms with van der Waals surface area (Å²) in [5.41, 5.74) is 1.13. The fourth-order valence-corrected chi connectivity index (χ4v) is 0.944. The first-order valence-corrected chi connectivity index (χ1v) is 3.71. The zero-order chi connectivity index (χ0) is 8.97. The molecule has 0 unspecified atom stereocenters. The molecule has 63 valence electrons. The molecule has 1 radical (unpaired) electrons. The van der Waals surface area contributed by atoms with Gasteiger partial charge in [-0.3, -0.25) is 0 Å². The predicted octanol–water partition coefficient (Wildman–Crippen LogP) is 1.20. The molecule has 12 heavy (non-hydrogen) atoms. The lowest BCUT2D eigenvalue weighted by Crippen LogP contribution is -2.11. The molecule has 0 heterocycles. The van der Waals surface area contributed by atoms with Crippen LogP contribution in [0.4, 0.5) is 11.4 Å². The van der Waals surface area contributed by atoms with Crippen molar-refractivity contribution in [2.75, 3.05) is 11.9 Å². The average molecular weight is 165 g/mol. The monoisotopic (exact) mass is 165 g/mol. The van der Waals surface area contributed by atoms with Gasteiger partial charge in [-0.1, -0.05) is 6.07 Å². The van der Waals surface area contributed by atoms with Gasteiger partial charge in [0, 0.05) is 12.6 Å². The number of hydrazine groups is 1. The Hall–Kier alpha value is -1.58. The topological polar surface area (TPSA) is 58.1 Å². The molecule has 4 heteroatoms. The van der Waals surface area contributed by atoms with E-state index >= 15 is 0 Å². The van der Waals surface area contributed by atoms with Crippen LogP contribution >= 0.6 is 0 Å². The van der Waals surface area contributed by atoms with Gasteiger partial charge >= 0.3 is 5.69 Å². The number of nitrogens with zero attached hydrogens (tertiary/aromatic N) is 1. The van der Waals surface area contributed by atoms with E-state index in [1.165, 1.54) is 0 Å². The molecule has 1 rings (SSSR count). The first-order valence-electron chi connectivity index (χ1n) is 3.71. The predicted molar refractivity (Wildman–Crippen MR) is 46.9 cm³/mol. The summed E-state index contributed by atoms with van der Waals surface area (Å²) < 4.78 is 0. The number of nitroso groups, excluding NO2 is 1. The van der Waals surface area contributed by atoms with Gasteiger partial charge in [-0.15, -0.1) is 0 Å². The Morgan fingerprint density at radius 1 is 1.75 bits per heavy atom. The van der Waals surface area contributed by atoms with Crippen LogP contribution in [-0.2, 0) is 0 Å². The Balaban J connectivity index is 3.00. The molecule has 0 aromatic heterocycles. The third kappa shape index (κ3) is 1.72. The van der Waals surface area contributed by atoms with Gasteiger partial charge in [0.15, 0.2) is 4.87 Å². The van der Waals surface area contributed by atoms with Crippen molar-refractivity contribution in [3.8, 4) is 0 Å². The first-order chi connectivity index (χ1) is 5.75. The minimum atomic E-state index is 0.328. The van der Waals surface area contributed by atoms with Crippen LogP contribution in [0, 0.1) is 11.0 Å². The molecule has 1 aromatic carbocycles. The smallest absolute Gasteiger partial charge is 0.315 e. The summed E-state index contributed by atoms with van der Waals surface area (Å²) in [5, 5.41) is 3.02. The Bertz CT molecular complexity index is 285. The van der Waals surface area contributed by atoms with Gasteiger partial charge in [-0.2, -0.15) is 5.84 Å². The fraction of sp³-hybridized carbons (Fsp3) is 0.250. The Morgan fingerprint density at radius 2 is 2.50 bits per heavy atom. The molecule has 0 amide bonds. The van der Waals surface area contributed by atoms with Crippen LogP contribution in [0.2, 0.25) is 0 Å². The van der Waals surface area contributed by atoms with E-state index < -0.39 is 0 Å². The minimum absolute atomic E-state index is 0.328. The highest BCUT2D eigenvalue weighted by Gasteiger charge is 2.13. The number of hydrogen-bond acceptors (Lipinski definition) is 2. The van der Waals surface area contributed by atoms with Crippen molar-refractivity contribution < 1.29 is 4.87 Å². The van der Waals surface area contributed by atoms with Crippen molar-refractivity contribution in [1.29, 1.82) is 0 Å². The summed E-state index contributed by atoms with van der Waals surface area (Å²) in [5.74, 6) is 5.06. The first kappa shape index (κ1) is 8.52. The molecule has 0 aliphatic rings. The highest BCUT2D eigenvalue weighted by Crippen LogP contribution is 2.20. The Kier molecular flexibility index (Phi) is 2.63. The van der Waals surface area contributed by atoms with Gasteiger partial charge < -0.3 is 5.32 Å². The van der Waals surface area contributed by atoms with Crippen LogP contribution < -0.4 is 11.2 Å². The quantitative estimate of drug-likeness (QED) is 0.402. The SMILES string of the molecule is CCNc1cc[c]cc1[N+](N)=O. The van der Waals surface area contributed by atoms with Crippen molar-refractivity contribution in [2.24, 2.45) is 5.84 Å². The van der Waals surface area contributed by atoms with Crippen molar-refractivity contribution in [2.45, 2.75) is 6.92 Å². The minimum Gasteiger partial charge on any atom is -0.380 e. The van der Waals surface area contributed by atoms with Crippen LogP contribution in [0.5, 0.6) is 0 Å². The molecule has 0 aliphatic carbocycles. The number of benzene rings is 1. The average Bonchev–Trinajstić information content (AvgIpc) is 2.05. The van der Waals surface area contributed by atoms with E-state index in [0.29, 0.717) is 10.6 Å². The van der Waals surface area contributed by atoms with Crippen LogP contribution in [0.3, 0.4) is 0 Å². The maximum absolute atomic E-state index is 10.8. The fourth-order valence-electron chi connectivity index (χ4n) is 0.944. The molecule has 3 N–H and O–H groups in total. The molecule has 0 fully saturated rings. The zero-order valence-electron chi connectivity index (χ0n) is 6.87. The van der Waals surface area contributed by atoms with Gasteiger partial charge in [-0.05, 0) is 19.1 Å². The van der Waals surface area contributed by atoms with Crippen LogP contribution in [0.1, 0.15) is 6.92 Å². The van der Waals surface area contributed by atoms with Crippen molar-refractivity contribution >= 4 is 11.4 Å². The van der Waals surface area contributed by atoms with Crippen molar-refractivity contribution in [3.05, 3.63) is 29.2 Å². The standard InChI is InChI=1S/C8H11N3O/c1-2-10-7-5-3-4-6-8(7)11(9)12/h3,5-6,10H,2H2,1H3,(H2,9,12)/q+1.